The first-order chi connectivity index (χ1) is 13.0. The maximum Gasteiger partial charge on any atom is 0.230 e. The summed E-state index contributed by atoms with van der Waals surface area (Å²) in [4.78, 5) is 30.8. The summed E-state index contributed by atoms with van der Waals surface area (Å²) in [6, 6.07) is 11.7. The normalized spacial score (nSPS) is 15.6. The standard InChI is InChI=1S/C20H24N4O3.ClH/c1-3-27-17-8-7-16-18(23-17)19(25)15(20(21)26)12-24(16)11-14-6-4-5-13(9-14)10-22-2;/h4-9,15,22H,3,10-12H2,1-2H3,(H2,21,26);1H. The molecular weight excluding hydrogens is 380 g/mol. The molecule has 3 N–H and O–H groups in total. The van der Waals surface area contributed by atoms with Crippen LogP contribution in [0.4, 0.5) is 5.69 Å². The van der Waals surface area contributed by atoms with E-state index in [1.165, 1.54) is 5.56 Å². The largest absolute Gasteiger partial charge is 0.478 e. The van der Waals surface area contributed by atoms with Crippen molar-refractivity contribution in [1.29, 1.82) is 0 Å². The zero-order valence-electron chi connectivity index (χ0n) is 16.0. The third-order valence-corrected chi connectivity index (χ3v) is 4.52. The van der Waals surface area contributed by atoms with Gasteiger partial charge in [0.1, 0.15) is 11.6 Å². The van der Waals surface area contributed by atoms with Gasteiger partial charge in [-0.15, -0.1) is 12.4 Å². The Morgan fingerprint density at radius 3 is 2.75 bits per heavy atom. The van der Waals surface area contributed by atoms with E-state index in [9.17, 15) is 9.59 Å². The molecule has 150 valence electrons. The molecule has 2 aromatic rings. The Balaban J connectivity index is 0.00000280. The summed E-state index contributed by atoms with van der Waals surface area (Å²) in [5.74, 6) is -1.53. The smallest absolute Gasteiger partial charge is 0.230 e. The molecule has 0 spiro atoms. The number of hydrogen-bond donors (Lipinski definition) is 2. The van der Waals surface area contributed by atoms with Crippen LogP contribution in [0.2, 0.25) is 0 Å². The maximum atomic E-state index is 12.7. The highest BCUT2D eigenvalue weighted by atomic mass is 35.5. The highest BCUT2D eigenvalue weighted by Crippen LogP contribution is 2.31. The molecule has 1 aliphatic heterocycles. The van der Waals surface area contributed by atoms with Crippen LogP contribution < -0.4 is 20.7 Å². The van der Waals surface area contributed by atoms with Crippen LogP contribution in [-0.4, -0.2) is 36.9 Å². The minimum atomic E-state index is -0.914. The highest BCUT2D eigenvalue weighted by molar-refractivity contribution is 6.13. The number of primary amides is 1. The number of ketones is 1. The van der Waals surface area contributed by atoms with Gasteiger partial charge < -0.3 is 20.7 Å². The average Bonchev–Trinajstić information content (AvgIpc) is 2.65. The van der Waals surface area contributed by atoms with Crippen LogP contribution in [0.3, 0.4) is 0 Å². The molecule has 1 atom stereocenters. The molecule has 3 rings (SSSR count). The van der Waals surface area contributed by atoms with Gasteiger partial charge in [0.2, 0.25) is 11.8 Å². The number of pyridine rings is 1. The molecule has 1 amide bonds. The molecule has 1 aromatic heterocycles. The first kappa shape index (κ1) is 21.7. The van der Waals surface area contributed by atoms with Gasteiger partial charge in [-0.3, -0.25) is 9.59 Å². The predicted octanol–water partition coefficient (Wildman–Crippen LogP) is 1.93. The van der Waals surface area contributed by atoms with Crippen molar-refractivity contribution in [3.05, 3.63) is 53.2 Å². The lowest BCUT2D eigenvalue weighted by Gasteiger charge is -2.33. The number of halogens is 1. The number of carbonyl (C=O) groups excluding carboxylic acids is 2. The van der Waals surface area contributed by atoms with E-state index in [0.29, 0.717) is 24.7 Å². The number of carbonyl (C=O) groups is 2. The van der Waals surface area contributed by atoms with Crippen molar-refractivity contribution in [3.8, 4) is 5.88 Å². The highest BCUT2D eigenvalue weighted by Gasteiger charge is 2.37. The second-order valence-electron chi connectivity index (χ2n) is 6.50. The molecule has 0 bridgehead atoms. The van der Waals surface area contributed by atoms with Crippen LogP contribution in [-0.2, 0) is 17.9 Å². The van der Waals surface area contributed by atoms with Crippen LogP contribution in [0.25, 0.3) is 0 Å². The number of aromatic nitrogens is 1. The van der Waals surface area contributed by atoms with E-state index >= 15 is 0 Å². The molecule has 1 unspecified atom stereocenters. The molecule has 0 aliphatic carbocycles. The van der Waals surface area contributed by atoms with Crippen molar-refractivity contribution in [3.63, 3.8) is 0 Å². The summed E-state index contributed by atoms with van der Waals surface area (Å²) in [7, 11) is 1.90. The van der Waals surface area contributed by atoms with Crippen LogP contribution in [0.5, 0.6) is 5.88 Å². The summed E-state index contributed by atoms with van der Waals surface area (Å²) < 4.78 is 5.41. The van der Waals surface area contributed by atoms with Crippen LogP contribution in [0.15, 0.2) is 36.4 Å². The summed E-state index contributed by atoms with van der Waals surface area (Å²) in [5.41, 5.74) is 8.66. The van der Waals surface area contributed by atoms with Gasteiger partial charge in [-0.1, -0.05) is 24.3 Å². The van der Waals surface area contributed by atoms with E-state index < -0.39 is 11.8 Å². The summed E-state index contributed by atoms with van der Waals surface area (Å²) >= 11 is 0. The number of amides is 1. The van der Waals surface area contributed by atoms with E-state index in [-0.39, 0.29) is 30.4 Å². The van der Waals surface area contributed by atoms with Crippen LogP contribution >= 0.6 is 12.4 Å². The Morgan fingerprint density at radius 1 is 1.32 bits per heavy atom. The fourth-order valence-electron chi connectivity index (χ4n) is 3.30. The molecule has 2 heterocycles. The van der Waals surface area contributed by atoms with Crippen molar-refractivity contribution in [2.75, 3.05) is 25.1 Å². The molecule has 1 aliphatic rings. The van der Waals surface area contributed by atoms with Crippen molar-refractivity contribution >= 4 is 29.8 Å². The van der Waals surface area contributed by atoms with E-state index in [4.69, 9.17) is 10.5 Å². The van der Waals surface area contributed by atoms with Crippen molar-refractivity contribution < 1.29 is 14.3 Å². The number of nitrogens with zero attached hydrogens (tertiary/aromatic N) is 2. The summed E-state index contributed by atoms with van der Waals surface area (Å²) in [5, 5.41) is 3.13. The Kier molecular flexibility index (Phi) is 7.37. The number of anilines is 1. The first-order valence-electron chi connectivity index (χ1n) is 8.98. The Labute approximate surface area is 170 Å². The van der Waals surface area contributed by atoms with Gasteiger partial charge in [-0.25, -0.2) is 4.98 Å². The minimum Gasteiger partial charge on any atom is -0.478 e. The van der Waals surface area contributed by atoms with E-state index in [0.717, 1.165) is 12.1 Å². The predicted molar refractivity (Wildman–Crippen MR) is 110 cm³/mol. The van der Waals surface area contributed by atoms with Gasteiger partial charge in [0.05, 0.1) is 12.3 Å². The molecule has 0 radical (unpaired) electrons. The van der Waals surface area contributed by atoms with Crippen LogP contribution in [0.1, 0.15) is 28.5 Å². The van der Waals surface area contributed by atoms with Gasteiger partial charge in [0.25, 0.3) is 0 Å². The molecule has 0 saturated carbocycles. The average molecular weight is 405 g/mol. The van der Waals surface area contributed by atoms with Crippen molar-refractivity contribution in [1.82, 2.24) is 10.3 Å². The van der Waals surface area contributed by atoms with Crippen LogP contribution in [0, 0.1) is 5.92 Å². The van der Waals surface area contributed by atoms with Crippen molar-refractivity contribution in [2.45, 2.75) is 20.0 Å². The molecule has 0 saturated heterocycles. The van der Waals surface area contributed by atoms with Gasteiger partial charge in [0, 0.05) is 25.7 Å². The molecule has 0 fully saturated rings. The van der Waals surface area contributed by atoms with E-state index in [2.05, 4.69) is 22.4 Å². The Bertz CT molecular complexity index is 859. The summed E-state index contributed by atoms with van der Waals surface area (Å²) in [6.07, 6.45) is 0. The number of benzene rings is 1. The lowest BCUT2D eigenvalue weighted by atomic mass is 9.93. The molecule has 1 aromatic carbocycles. The lowest BCUT2D eigenvalue weighted by molar-refractivity contribution is -0.120. The van der Waals surface area contributed by atoms with Crippen molar-refractivity contribution in [2.24, 2.45) is 11.7 Å². The van der Waals surface area contributed by atoms with Gasteiger partial charge in [0.15, 0.2) is 5.78 Å². The Morgan fingerprint density at radius 2 is 2.07 bits per heavy atom. The fourth-order valence-corrected chi connectivity index (χ4v) is 3.30. The maximum absolute atomic E-state index is 12.7. The second-order valence-corrected chi connectivity index (χ2v) is 6.50. The Hall–Kier alpha value is -2.64. The first-order valence-corrected chi connectivity index (χ1v) is 8.98. The minimum absolute atomic E-state index is 0. The van der Waals surface area contributed by atoms with Gasteiger partial charge >= 0.3 is 0 Å². The number of nitrogens with two attached hydrogens (primary N) is 1. The van der Waals surface area contributed by atoms with Gasteiger partial charge in [-0.2, -0.15) is 0 Å². The van der Waals surface area contributed by atoms with Gasteiger partial charge in [-0.05, 0) is 31.2 Å². The molecule has 28 heavy (non-hydrogen) atoms. The number of rotatable bonds is 7. The third-order valence-electron chi connectivity index (χ3n) is 4.52. The zero-order valence-corrected chi connectivity index (χ0v) is 16.8. The third kappa shape index (κ3) is 4.61. The molecule has 8 heteroatoms. The fraction of sp³-hybridized carbons (Fsp3) is 0.350. The number of nitrogens with one attached hydrogen (secondary N) is 1. The summed E-state index contributed by atoms with van der Waals surface area (Å²) in [6.45, 7) is 3.86. The molecule has 7 nitrogen and oxygen atoms in total. The SMILES string of the molecule is CCOc1ccc2c(n1)C(=O)C(C(N)=O)CN2Cc1cccc(CNC)c1.Cl. The monoisotopic (exact) mass is 404 g/mol. The quantitative estimate of drug-likeness (QED) is 0.684. The molecular formula is C20H25ClN4O3. The lowest BCUT2D eigenvalue weighted by Crippen LogP contribution is -2.45. The topological polar surface area (TPSA) is 97.5 Å². The number of ether oxygens (including phenoxy) is 1. The zero-order chi connectivity index (χ0) is 19.4. The second kappa shape index (κ2) is 9.52. The number of Topliss-reactive ketones (excluding diaryl/α,β-unsaturated/α-hetero) is 1. The number of fused-ring (bicyclic) bond motifs is 1. The van der Waals surface area contributed by atoms with E-state index in [1.54, 1.807) is 6.07 Å². The van der Waals surface area contributed by atoms with E-state index in [1.807, 2.05) is 37.1 Å². The number of hydrogen-bond acceptors (Lipinski definition) is 6.